The Kier molecular flexibility index (Phi) is 73.6. The van der Waals surface area contributed by atoms with Crippen LogP contribution in [0.5, 0.6) is 0 Å². The Hall–Kier alpha value is -3.24. The molecule has 5 atom stereocenters. The first-order valence-corrected chi connectivity index (χ1v) is 44.5. The molecule has 0 saturated heterocycles. The monoisotopic (exact) mass is 1480 g/mol. The third kappa shape index (κ3) is 75.0. The third-order valence-corrected chi connectivity index (χ3v) is 19.9. The number of aliphatic hydroxyl groups excluding tert-OH is 1. The highest BCUT2D eigenvalue weighted by Crippen LogP contribution is 2.45. The van der Waals surface area contributed by atoms with Crippen LogP contribution >= 0.6 is 15.6 Å². The molecule has 0 bridgehead atoms. The zero-order valence-electron chi connectivity index (χ0n) is 65.3. The number of carbonyl (C=O) groups is 4. The van der Waals surface area contributed by atoms with Crippen molar-refractivity contribution in [2.75, 3.05) is 39.6 Å². The fraction of sp³-hybridized carbons (Fsp3) is 0.831. The Bertz CT molecular complexity index is 2170. The van der Waals surface area contributed by atoms with E-state index in [-0.39, 0.29) is 25.7 Å². The average Bonchev–Trinajstić information content (AvgIpc) is 0.909. The van der Waals surface area contributed by atoms with Crippen LogP contribution in [0.15, 0.2) is 60.8 Å². The molecular formula is C83H152O17P2. The van der Waals surface area contributed by atoms with E-state index in [2.05, 4.69) is 76.3 Å². The highest BCUT2D eigenvalue weighted by atomic mass is 31.2. The molecule has 102 heavy (non-hydrogen) atoms. The van der Waals surface area contributed by atoms with E-state index in [1.54, 1.807) is 0 Å². The van der Waals surface area contributed by atoms with Gasteiger partial charge in [0.1, 0.15) is 19.3 Å². The predicted octanol–water partition coefficient (Wildman–Crippen LogP) is 24.2. The molecule has 3 N–H and O–H groups in total. The van der Waals surface area contributed by atoms with E-state index in [1.807, 2.05) is 12.2 Å². The van der Waals surface area contributed by atoms with Crippen molar-refractivity contribution in [2.45, 2.75) is 406 Å². The van der Waals surface area contributed by atoms with Crippen LogP contribution in [0, 0.1) is 0 Å². The Morgan fingerprint density at radius 2 is 0.490 bits per heavy atom. The van der Waals surface area contributed by atoms with E-state index in [9.17, 15) is 43.2 Å². The van der Waals surface area contributed by atoms with Crippen LogP contribution in [0.25, 0.3) is 0 Å². The van der Waals surface area contributed by atoms with E-state index in [1.165, 1.54) is 186 Å². The average molecular weight is 1480 g/mol. The van der Waals surface area contributed by atoms with E-state index >= 15 is 0 Å². The first kappa shape index (κ1) is 98.8. The topological polar surface area (TPSA) is 237 Å². The standard InChI is InChI=1S/C83H152O17P2/c1-5-9-13-17-21-25-29-33-36-38-41-45-48-52-56-60-64-68-81(86)94-73-78(99-82(87)69-65-61-57-53-49-43-32-28-24-20-16-12-8-4)75-97-101(89,90)95-71-77(84)72-96-102(91,92)98-76-79(74-93-80(85)67-63-59-55-51-47-44-40-35-31-27-23-19-15-11-7-3)100-83(88)70-66-62-58-54-50-46-42-39-37-34-30-26-22-18-14-10-6-2/h21,25,33,35-36,40-41,45,52,56,77-79,84H,5-20,22-24,26-32,34,37-39,42-44,46-51,53-55,57-76H2,1-4H3,(H,89,90)(H,91,92)/b25-21-,36-33-,40-35-,45-41-,56-52-/t77-,78+,79+/m0/s1. The Balaban J connectivity index is 5.35. The number of hydrogen-bond donors (Lipinski definition) is 3. The van der Waals surface area contributed by atoms with E-state index < -0.39 is 97.5 Å². The molecule has 0 rings (SSSR count). The van der Waals surface area contributed by atoms with Gasteiger partial charge < -0.3 is 33.8 Å². The van der Waals surface area contributed by atoms with E-state index in [0.717, 1.165) is 116 Å². The number of hydrogen-bond acceptors (Lipinski definition) is 15. The van der Waals surface area contributed by atoms with Gasteiger partial charge >= 0.3 is 39.5 Å². The summed E-state index contributed by atoms with van der Waals surface area (Å²) < 4.78 is 68.6. The van der Waals surface area contributed by atoms with Crippen molar-refractivity contribution < 1.29 is 80.2 Å². The van der Waals surface area contributed by atoms with Gasteiger partial charge in [-0.25, -0.2) is 9.13 Å². The van der Waals surface area contributed by atoms with Crippen LogP contribution in [0.1, 0.15) is 387 Å². The molecule has 0 aliphatic rings. The van der Waals surface area contributed by atoms with Crippen molar-refractivity contribution >= 4 is 39.5 Å². The molecule has 0 aromatic carbocycles. The van der Waals surface area contributed by atoms with Crippen LogP contribution in [-0.4, -0.2) is 96.7 Å². The number of allylic oxidation sites excluding steroid dienone is 10. The Morgan fingerprint density at radius 3 is 0.804 bits per heavy atom. The Labute approximate surface area is 622 Å². The van der Waals surface area contributed by atoms with Crippen LogP contribution in [0.4, 0.5) is 0 Å². The Morgan fingerprint density at radius 1 is 0.275 bits per heavy atom. The molecule has 0 fully saturated rings. The van der Waals surface area contributed by atoms with E-state index in [4.69, 9.17) is 37.0 Å². The molecule has 0 radical (unpaired) electrons. The molecule has 2 unspecified atom stereocenters. The zero-order valence-corrected chi connectivity index (χ0v) is 67.1. The van der Waals surface area contributed by atoms with Gasteiger partial charge in [0.05, 0.1) is 26.4 Å². The molecule has 0 aromatic rings. The number of esters is 4. The summed E-state index contributed by atoms with van der Waals surface area (Å²) in [6.45, 7) is 4.87. The number of phosphoric acid groups is 2. The maximum atomic E-state index is 13.1. The molecule has 0 spiro atoms. The van der Waals surface area contributed by atoms with Crippen LogP contribution in [-0.2, 0) is 65.4 Å². The number of unbranched alkanes of at least 4 members (excludes halogenated alkanes) is 43. The highest BCUT2D eigenvalue weighted by Gasteiger charge is 2.30. The SMILES string of the molecule is CCCCC/C=C\C/C=C\C/C=C\C/C=C\CCCC(=O)OC[C@H](COP(=O)(O)OC[C@H](O)COP(=O)(O)OC[C@@H](COC(=O)CCCCCCC/C=C\CCCCCCCC)OC(=O)CCCCCCCCCCCCCCCCCCC)OC(=O)CCCCCCCCCCCCCCC. The molecule has 0 amide bonds. The summed E-state index contributed by atoms with van der Waals surface area (Å²) in [5.41, 5.74) is 0. The number of ether oxygens (including phenoxy) is 4. The second kappa shape index (κ2) is 76.0. The molecule has 0 saturated carbocycles. The number of aliphatic hydroxyl groups is 1. The summed E-state index contributed by atoms with van der Waals surface area (Å²) in [7, 11) is -9.95. The minimum atomic E-state index is -4.98. The minimum absolute atomic E-state index is 0.0896. The lowest BCUT2D eigenvalue weighted by Gasteiger charge is -2.21. The molecule has 0 aliphatic carbocycles. The van der Waals surface area contributed by atoms with Gasteiger partial charge in [-0.15, -0.1) is 0 Å². The van der Waals surface area contributed by atoms with Crippen molar-refractivity contribution in [1.82, 2.24) is 0 Å². The maximum Gasteiger partial charge on any atom is 0.472 e. The van der Waals surface area contributed by atoms with Gasteiger partial charge in [0.25, 0.3) is 0 Å². The maximum absolute atomic E-state index is 13.1. The highest BCUT2D eigenvalue weighted by molar-refractivity contribution is 7.47. The van der Waals surface area contributed by atoms with Gasteiger partial charge in [-0.3, -0.25) is 37.3 Å². The quantitative estimate of drug-likeness (QED) is 0.0169. The van der Waals surface area contributed by atoms with Gasteiger partial charge in [0.15, 0.2) is 12.2 Å². The molecular weight excluding hydrogens is 1330 g/mol. The normalized spacial score (nSPS) is 14.1. The molecule has 19 heteroatoms. The van der Waals surface area contributed by atoms with Gasteiger partial charge in [-0.1, -0.05) is 332 Å². The first-order chi connectivity index (χ1) is 49.7. The smallest absolute Gasteiger partial charge is 0.462 e. The summed E-state index contributed by atoms with van der Waals surface area (Å²) in [5.74, 6) is -2.21. The van der Waals surface area contributed by atoms with Crippen molar-refractivity contribution in [3.05, 3.63) is 60.8 Å². The van der Waals surface area contributed by atoms with Gasteiger partial charge in [-0.05, 0) is 89.9 Å². The second-order valence-corrected chi connectivity index (χ2v) is 31.0. The van der Waals surface area contributed by atoms with Crippen molar-refractivity contribution in [3.63, 3.8) is 0 Å². The molecule has 17 nitrogen and oxygen atoms in total. The van der Waals surface area contributed by atoms with Crippen LogP contribution < -0.4 is 0 Å². The number of phosphoric ester groups is 2. The number of carbonyl (C=O) groups excluding carboxylic acids is 4. The first-order valence-electron chi connectivity index (χ1n) is 41.5. The van der Waals surface area contributed by atoms with Crippen LogP contribution in [0.3, 0.4) is 0 Å². The molecule has 596 valence electrons. The lowest BCUT2D eigenvalue weighted by molar-refractivity contribution is -0.161. The lowest BCUT2D eigenvalue weighted by atomic mass is 10.0. The predicted molar refractivity (Wildman–Crippen MR) is 418 cm³/mol. The van der Waals surface area contributed by atoms with Crippen molar-refractivity contribution in [1.29, 1.82) is 0 Å². The number of rotatable bonds is 79. The molecule has 0 aromatic heterocycles. The van der Waals surface area contributed by atoms with Crippen molar-refractivity contribution in [2.24, 2.45) is 0 Å². The lowest BCUT2D eigenvalue weighted by Crippen LogP contribution is -2.30. The van der Waals surface area contributed by atoms with Gasteiger partial charge in [0, 0.05) is 25.7 Å². The summed E-state index contributed by atoms with van der Waals surface area (Å²) >= 11 is 0. The van der Waals surface area contributed by atoms with Gasteiger partial charge in [0.2, 0.25) is 0 Å². The summed E-state index contributed by atoms with van der Waals surface area (Å²) in [6, 6.07) is 0. The fourth-order valence-electron chi connectivity index (χ4n) is 11.6. The zero-order chi connectivity index (χ0) is 74.6. The molecule has 0 heterocycles. The second-order valence-electron chi connectivity index (χ2n) is 28.1. The largest absolute Gasteiger partial charge is 0.472 e. The van der Waals surface area contributed by atoms with Crippen LogP contribution in [0.2, 0.25) is 0 Å². The summed E-state index contributed by atoms with van der Waals surface area (Å²) in [6.07, 6.45) is 76.2. The third-order valence-electron chi connectivity index (χ3n) is 18.0. The van der Waals surface area contributed by atoms with Gasteiger partial charge in [-0.2, -0.15) is 0 Å². The fourth-order valence-corrected chi connectivity index (χ4v) is 13.2. The molecule has 0 aliphatic heterocycles. The summed E-state index contributed by atoms with van der Waals surface area (Å²) in [4.78, 5) is 73.0. The summed E-state index contributed by atoms with van der Waals surface area (Å²) in [5, 5.41) is 10.6. The van der Waals surface area contributed by atoms with Crippen molar-refractivity contribution in [3.8, 4) is 0 Å². The van der Waals surface area contributed by atoms with E-state index in [0.29, 0.717) is 32.1 Å². The minimum Gasteiger partial charge on any atom is -0.462 e.